The van der Waals surface area contributed by atoms with E-state index in [1.165, 1.54) is 0 Å². The number of benzene rings is 1. The molecule has 0 aliphatic carbocycles. The predicted molar refractivity (Wildman–Crippen MR) is 44.5 cm³/mol. The topological polar surface area (TPSA) is 40.1 Å². The fraction of sp³-hybridized carbons (Fsp3) is 0.300. The van der Waals surface area contributed by atoms with Crippen molar-refractivity contribution in [2.24, 2.45) is 0 Å². The van der Waals surface area contributed by atoms with E-state index in [2.05, 4.69) is 0 Å². The molecular formula is C10H11O2-. The zero-order valence-corrected chi connectivity index (χ0v) is 6.99. The Morgan fingerprint density at radius 2 is 2.00 bits per heavy atom. The highest BCUT2D eigenvalue weighted by Gasteiger charge is 2.08. The zero-order valence-electron chi connectivity index (χ0n) is 6.99. The molecule has 0 bridgehead atoms. The summed E-state index contributed by atoms with van der Waals surface area (Å²) in [5.41, 5.74) is 0.819. The molecule has 0 radical (unpaired) electrons. The monoisotopic (exact) mass is 163 g/mol. The molecule has 1 atom stereocenters. The van der Waals surface area contributed by atoms with Gasteiger partial charge in [0.05, 0.1) is 0 Å². The van der Waals surface area contributed by atoms with Crippen LogP contribution in [0.4, 0.5) is 0 Å². The normalized spacial score (nSPS) is 12.4. The van der Waals surface area contributed by atoms with E-state index in [-0.39, 0.29) is 0 Å². The summed E-state index contributed by atoms with van der Waals surface area (Å²) >= 11 is 0. The molecule has 0 fully saturated rings. The molecule has 64 valence electrons. The number of aliphatic carboxylic acids is 1. The Labute approximate surface area is 71.8 Å². The molecule has 0 heterocycles. The first-order valence-electron chi connectivity index (χ1n) is 4.01. The third kappa shape index (κ3) is 1.84. The second-order valence-corrected chi connectivity index (χ2v) is 2.69. The van der Waals surface area contributed by atoms with E-state index in [0.717, 1.165) is 5.56 Å². The number of carbonyl (C=O) groups is 1. The Balaban J connectivity index is 2.88. The molecule has 1 aromatic rings. The molecule has 0 aliphatic heterocycles. The van der Waals surface area contributed by atoms with Gasteiger partial charge in [0.2, 0.25) is 0 Å². The first-order chi connectivity index (χ1) is 5.75. The number of hydrogen-bond donors (Lipinski definition) is 0. The SMILES string of the molecule is CCC(C(=O)[O-])c1ccccc1. The van der Waals surface area contributed by atoms with Crippen molar-refractivity contribution in [3.8, 4) is 0 Å². The maximum Gasteiger partial charge on any atom is 0.0489 e. The Morgan fingerprint density at radius 3 is 2.42 bits per heavy atom. The lowest BCUT2D eigenvalue weighted by atomic mass is 9.97. The quantitative estimate of drug-likeness (QED) is 0.665. The van der Waals surface area contributed by atoms with Crippen molar-refractivity contribution in [2.75, 3.05) is 0 Å². The second-order valence-electron chi connectivity index (χ2n) is 2.69. The van der Waals surface area contributed by atoms with E-state index >= 15 is 0 Å². The van der Waals surface area contributed by atoms with Crippen molar-refractivity contribution in [1.82, 2.24) is 0 Å². The minimum atomic E-state index is -0.997. The minimum Gasteiger partial charge on any atom is -0.549 e. The summed E-state index contributed by atoms with van der Waals surface area (Å²) in [7, 11) is 0. The van der Waals surface area contributed by atoms with Crippen LogP contribution in [-0.4, -0.2) is 5.97 Å². The van der Waals surface area contributed by atoms with Gasteiger partial charge in [0.25, 0.3) is 0 Å². The van der Waals surface area contributed by atoms with E-state index in [1.807, 2.05) is 37.3 Å². The zero-order chi connectivity index (χ0) is 8.97. The molecule has 0 saturated carbocycles. The summed E-state index contributed by atoms with van der Waals surface area (Å²) in [6, 6.07) is 9.15. The van der Waals surface area contributed by atoms with Crippen LogP contribution in [0.5, 0.6) is 0 Å². The molecule has 0 aliphatic rings. The number of rotatable bonds is 3. The van der Waals surface area contributed by atoms with Gasteiger partial charge in [0, 0.05) is 11.9 Å². The van der Waals surface area contributed by atoms with Gasteiger partial charge in [0.15, 0.2) is 0 Å². The number of hydrogen-bond acceptors (Lipinski definition) is 2. The lowest BCUT2D eigenvalue weighted by molar-refractivity contribution is -0.308. The highest BCUT2D eigenvalue weighted by Crippen LogP contribution is 2.17. The highest BCUT2D eigenvalue weighted by molar-refractivity contribution is 5.73. The van der Waals surface area contributed by atoms with Crippen LogP contribution in [-0.2, 0) is 4.79 Å². The van der Waals surface area contributed by atoms with Crippen molar-refractivity contribution in [3.63, 3.8) is 0 Å². The highest BCUT2D eigenvalue weighted by atomic mass is 16.4. The summed E-state index contributed by atoms with van der Waals surface area (Å²) in [6.07, 6.45) is 0.576. The Bertz CT molecular complexity index is 254. The van der Waals surface area contributed by atoms with E-state index < -0.39 is 11.9 Å². The average molecular weight is 163 g/mol. The summed E-state index contributed by atoms with van der Waals surface area (Å²) in [5.74, 6) is -1.46. The van der Waals surface area contributed by atoms with Crippen LogP contribution in [0.1, 0.15) is 24.8 Å². The smallest absolute Gasteiger partial charge is 0.0489 e. The molecule has 0 saturated heterocycles. The number of carboxylic acid groups (broad SMARTS) is 1. The Morgan fingerprint density at radius 1 is 1.42 bits per heavy atom. The lowest BCUT2D eigenvalue weighted by Gasteiger charge is -2.15. The van der Waals surface area contributed by atoms with E-state index in [4.69, 9.17) is 0 Å². The van der Waals surface area contributed by atoms with Crippen molar-refractivity contribution in [3.05, 3.63) is 35.9 Å². The van der Waals surface area contributed by atoms with Crippen molar-refractivity contribution >= 4 is 5.97 Å². The third-order valence-electron chi connectivity index (χ3n) is 1.89. The molecule has 2 heteroatoms. The lowest BCUT2D eigenvalue weighted by Crippen LogP contribution is -2.29. The Hall–Kier alpha value is -1.31. The fourth-order valence-electron chi connectivity index (χ4n) is 1.22. The van der Waals surface area contributed by atoms with E-state index in [9.17, 15) is 9.90 Å². The molecule has 0 N–H and O–H groups in total. The third-order valence-corrected chi connectivity index (χ3v) is 1.89. The van der Waals surface area contributed by atoms with Gasteiger partial charge < -0.3 is 9.90 Å². The maximum absolute atomic E-state index is 10.6. The molecule has 12 heavy (non-hydrogen) atoms. The molecule has 1 unspecified atom stereocenters. The number of carboxylic acids is 1. The van der Waals surface area contributed by atoms with Gasteiger partial charge in [-0.1, -0.05) is 37.3 Å². The largest absolute Gasteiger partial charge is 0.549 e. The number of carbonyl (C=O) groups excluding carboxylic acids is 1. The molecule has 1 rings (SSSR count). The molecule has 0 spiro atoms. The van der Waals surface area contributed by atoms with Gasteiger partial charge in [-0.2, -0.15) is 0 Å². The second kappa shape index (κ2) is 3.90. The molecule has 2 nitrogen and oxygen atoms in total. The predicted octanol–water partition coefficient (Wildman–Crippen LogP) is 0.930. The van der Waals surface area contributed by atoms with Crippen LogP contribution < -0.4 is 5.11 Å². The van der Waals surface area contributed by atoms with Crippen molar-refractivity contribution < 1.29 is 9.90 Å². The van der Waals surface area contributed by atoms with Crippen LogP contribution in [0.15, 0.2) is 30.3 Å². The summed E-state index contributed by atoms with van der Waals surface area (Å²) in [6.45, 7) is 1.84. The summed E-state index contributed by atoms with van der Waals surface area (Å²) < 4.78 is 0. The van der Waals surface area contributed by atoms with Crippen LogP contribution in [0.3, 0.4) is 0 Å². The van der Waals surface area contributed by atoms with Gasteiger partial charge in [-0.05, 0) is 12.0 Å². The summed E-state index contributed by atoms with van der Waals surface area (Å²) in [4.78, 5) is 10.6. The molecular weight excluding hydrogens is 152 g/mol. The fourth-order valence-corrected chi connectivity index (χ4v) is 1.22. The van der Waals surface area contributed by atoms with Crippen LogP contribution in [0.2, 0.25) is 0 Å². The maximum atomic E-state index is 10.6. The van der Waals surface area contributed by atoms with Gasteiger partial charge in [-0.3, -0.25) is 0 Å². The van der Waals surface area contributed by atoms with Gasteiger partial charge in [-0.15, -0.1) is 0 Å². The van der Waals surface area contributed by atoms with Crippen LogP contribution in [0, 0.1) is 0 Å². The van der Waals surface area contributed by atoms with Gasteiger partial charge in [0.1, 0.15) is 0 Å². The molecule has 0 aromatic heterocycles. The van der Waals surface area contributed by atoms with Crippen LogP contribution >= 0.6 is 0 Å². The molecule has 1 aromatic carbocycles. The van der Waals surface area contributed by atoms with E-state index in [0.29, 0.717) is 6.42 Å². The molecule has 0 amide bonds. The minimum absolute atomic E-state index is 0.466. The first-order valence-corrected chi connectivity index (χ1v) is 4.01. The Kier molecular flexibility index (Phi) is 2.86. The van der Waals surface area contributed by atoms with Crippen molar-refractivity contribution in [2.45, 2.75) is 19.3 Å². The van der Waals surface area contributed by atoms with Crippen LogP contribution in [0.25, 0.3) is 0 Å². The summed E-state index contributed by atoms with van der Waals surface area (Å²) in [5, 5.41) is 10.6. The first kappa shape index (κ1) is 8.78. The van der Waals surface area contributed by atoms with Gasteiger partial charge in [-0.25, -0.2) is 0 Å². The van der Waals surface area contributed by atoms with Crippen molar-refractivity contribution in [1.29, 1.82) is 0 Å². The average Bonchev–Trinajstić information content (AvgIpc) is 2.07. The van der Waals surface area contributed by atoms with Gasteiger partial charge >= 0.3 is 0 Å². The standard InChI is InChI=1S/C10H12O2/c1-2-9(10(11)12)8-6-4-3-5-7-8/h3-7,9H,2H2,1H3,(H,11,12)/p-1. The van der Waals surface area contributed by atoms with E-state index in [1.54, 1.807) is 0 Å².